The number of halogens is 5. The monoisotopic (exact) mass is 2030 g/mol. The number of Topliss-reactive ketones (excluding diaryl/α,β-unsaturated/α-hetero) is 2. The molecule has 16 rings (SSSR count). The van der Waals surface area contributed by atoms with Gasteiger partial charge in [-0.15, -0.1) is 0 Å². The summed E-state index contributed by atoms with van der Waals surface area (Å²) in [6.45, 7) is 21.2. The first kappa shape index (κ1) is 103. The summed E-state index contributed by atoms with van der Waals surface area (Å²) in [6.07, 6.45) is -2.02. The minimum atomic E-state index is -5.00. The average Bonchev–Trinajstić information content (AvgIpc) is 1.66. The van der Waals surface area contributed by atoms with Crippen LogP contribution in [0.3, 0.4) is 0 Å². The molecule has 4 unspecified atom stereocenters. The van der Waals surface area contributed by atoms with E-state index < -0.39 is 70.6 Å². The SMILES string of the molecule is CC(=O)c1ccc(C(=O)N2N=C(c3ccc(NC(=O)OC(C)(C)C)cc3)CC2c2ccccc2)cc1.CC(C)(C)OC(=O)Nc1ccc(C2=NN(C(=O)c3ccc(Br)cc3)C(c3ccoc3)C2)cc1.CC(C)(C)OC(=O)Nc1ccc(C2=NN(C(=O)c3ccc(C(=O)C(F)(F)F)cc3)C(c3ccccc3)C2)cc1.CC(C)OC(=O)Nc1ccc(C2=NN(C(=O)c3ccc(Br)cc3)C(c3ccccc3)C2)cc1. The van der Waals surface area contributed by atoms with Gasteiger partial charge in [0.2, 0.25) is 0 Å². The highest BCUT2D eigenvalue weighted by Crippen LogP contribution is 2.41. The first-order valence-corrected chi connectivity index (χ1v) is 46.7. The predicted octanol–water partition coefficient (Wildman–Crippen LogP) is 25.8. The van der Waals surface area contributed by atoms with Gasteiger partial charge >= 0.3 is 30.5 Å². The largest absolute Gasteiger partial charge is 0.472 e. The highest BCUT2D eigenvalue weighted by Gasteiger charge is 2.42. The van der Waals surface area contributed by atoms with E-state index >= 15 is 0 Å². The molecule has 32 heteroatoms. The number of carbonyl (C=O) groups is 10. The highest BCUT2D eigenvalue weighted by atomic mass is 79.9. The van der Waals surface area contributed by atoms with Crippen LogP contribution in [-0.2, 0) is 18.9 Å². The third-order valence-electron chi connectivity index (χ3n) is 21.7. The van der Waals surface area contributed by atoms with E-state index in [1.165, 1.54) is 34.1 Å². The molecule has 27 nitrogen and oxygen atoms in total. The molecule has 1 aromatic heterocycles. The van der Waals surface area contributed by atoms with Crippen molar-refractivity contribution in [3.8, 4) is 0 Å². The van der Waals surface area contributed by atoms with Gasteiger partial charge in [0.15, 0.2) is 5.78 Å². The summed E-state index contributed by atoms with van der Waals surface area (Å²) in [4.78, 5) is 125. The lowest BCUT2D eigenvalue weighted by atomic mass is 9.98. The van der Waals surface area contributed by atoms with Crippen LogP contribution in [0.2, 0.25) is 0 Å². The minimum absolute atomic E-state index is 0.0535. The van der Waals surface area contributed by atoms with Gasteiger partial charge in [-0.1, -0.05) is 196 Å². The van der Waals surface area contributed by atoms with Crippen molar-refractivity contribution >= 4 is 137 Å². The summed E-state index contributed by atoms with van der Waals surface area (Å²) in [5.74, 6) is -3.13. The number of hydrogen-bond donors (Lipinski definition) is 4. The highest BCUT2D eigenvalue weighted by molar-refractivity contribution is 9.10. The molecule has 8 amide bonds. The Morgan fingerprint density at radius 3 is 0.823 bits per heavy atom. The normalized spacial score (nSPS) is 15.5. The number of carbonyl (C=O) groups excluding carboxylic acids is 10. The maximum absolute atomic E-state index is 13.5. The Morgan fingerprint density at radius 2 is 0.582 bits per heavy atom. The van der Waals surface area contributed by atoms with Crippen LogP contribution in [-0.4, -0.2) is 132 Å². The molecule has 0 saturated carbocycles. The van der Waals surface area contributed by atoms with Gasteiger partial charge in [-0.05, 0) is 249 Å². The zero-order valence-corrected chi connectivity index (χ0v) is 82.3. The van der Waals surface area contributed by atoms with E-state index in [2.05, 4.69) is 63.3 Å². The molecule has 4 atom stereocenters. The van der Waals surface area contributed by atoms with E-state index in [0.717, 1.165) is 82.7 Å². The van der Waals surface area contributed by atoms with Crippen LogP contribution in [0.25, 0.3) is 0 Å². The lowest BCUT2D eigenvalue weighted by Crippen LogP contribution is -2.27. The smallest absolute Gasteiger partial charge is 0.454 e. The van der Waals surface area contributed by atoms with Crippen molar-refractivity contribution in [3.05, 3.63) is 391 Å². The van der Waals surface area contributed by atoms with Crippen LogP contribution in [0.5, 0.6) is 0 Å². The Labute approximate surface area is 830 Å². The molecule has 4 aliphatic heterocycles. The fraction of sp³-hybridized carbons (Fsp3) is 0.229. The number of hydrazone groups is 4. The van der Waals surface area contributed by atoms with Gasteiger partial charge in [-0.2, -0.15) is 33.6 Å². The van der Waals surface area contributed by atoms with E-state index in [-0.39, 0.29) is 53.3 Å². The van der Waals surface area contributed by atoms with Crippen LogP contribution in [0.4, 0.5) is 55.1 Å². The molecule has 0 radical (unpaired) electrons. The van der Waals surface area contributed by atoms with E-state index in [1.807, 2.05) is 199 Å². The maximum Gasteiger partial charge on any atom is 0.454 e. The molecule has 4 aliphatic rings. The van der Waals surface area contributed by atoms with Gasteiger partial charge < -0.3 is 23.4 Å². The van der Waals surface area contributed by atoms with E-state index in [4.69, 9.17) is 33.6 Å². The van der Waals surface area contributed by atoms with E-state index in [1.54, 1.807) is 161 Å². The molecule has 11 aromatic carbocycles. The number of nitrogens with zero attached hydrogens (tertiary/aromatic N) is 8. The summed E-state index contributed by atoms with van der Waals surface area (Å²) in [5, 5.41) is 35.4. The maximum atomic E-state index is 13.5. The number of rotatable bonds is 19. The molecule has 141 heavy (non-hydrogen) atoms. The zero-order chi connectivity index (χ0) is 101. The van der Waals surface area contributed by atoms with Gasteiger partial charge in [-0.25, -0.2) is 39.2 Å². The van der Waals surface area contributed by atoms with Crippen molar-refractivity contribution in [2.24, 2.45) is 20.4 Å². The first-order chi connectivity index (χ1) is 67.0. The Bertz CT molecular complexity index is 6620. The molecule has 0 spiro atoms. The Hall–Kier alpha value is -15.6. The second-order valence-electron chi connectivity index (χ2n) is 36.3. The molecular weight excluding hydrogens is 1930 g/mol. The number of ketones is 2. The van der Waals surface area contributed by atoms with Gasteiger partial charge in [0, 0.05) is 96.3 Å². The number of furan rings is 1. The number of hydrogen-bond acceptors (Lipinski definition) is 19. The van der Waals surface area contributed by atoms with Crippen molar-refractivity contribution in [1.29, 1.82) is 0 Å². The molecule has 0 bridgehead atoms. The summed E-state index contributed by atoms with van der Waals surface area (Å²) in [7, 11) is 0. The quantitative estimate of drug-likeness (QED) is 0.0432. The molecule has 724 valence electrons. The van der Waals surface area contributed by atoms with Crippen molar-refractivity contribution in [2.75, 3.05) is 21.3 Å². The Kier molecular flexibility index (Phi) is 33.1. The van der Waals surface area contributed by atoms with Crippen LogP contribution < -0.4 is 21.3 Å². The summed E-state index contributed by atoms with van der Waals surface area (Å²) < 4.78 is 66.3. The fourth-order valence-electron chi connectivity index (χ4n) is 15.1. The van der Waals surface area contributed by atoms with E-state index in [9.17, 15) is 61.1 Å². The van der Waals surface area contributed by atoms with Gasteiger partial charge in [-0.3, -0.25) is 50.0 Å². The standard InChI is InChI=1S/C29H26F3N3O4.C29H29N3O4.C26H24BrN3O3.C25H24BrN3O4/c1-28(2,3)39-27(38)33-22-15-13-18(14-16-22)23-17-24(19-7-5-4-6-8-19)35(34-23)26(37)21-11-9-20(10-12-21)25(36)29(30,31)32;1-19(33)20-10-12-23(13-11-20)27(34)32-26(22-8-6-5-7-9-22)18-25(31-32)21-14-16-24(17-15-21)30-28(35)36-29(2,3)4;1-17(2)33-26(32)28-22-14-10-18(11-15-22)23-16-24(19-6-4-3-5-7-19)30(29-23)25(31)20-8-12-21(27)13-9-20;1-25(2,3)33-24(31)27-20-10-6-16(7-11-20)21-14-22(18-12-13-32-15-18)29(28-21)23(30)17-4-8-19(26)9-5-17/h4-16,24H,17H2,1-3H3,(H,33,38);5-17,26H,18H2,1-4H3,(H,30,35);3-15,17,24H,16H2,1-2H3,(H,28,32);4-13,15,22H,14H2,1-3H3,(H,27,31). The molecule has 0 fully saturated rings. The van der Waals surface area contributed by atoms with Crippen LogP contribution >= 0.6 is 31.9 Å². The molecule has 4 N–H and O–H groups in total. The number of ether oxygens (including phenoxy) is 4. The third kappa shape index (κ3) is 28.4. The van der Waals surface area contributed by atoms with E-state index in [0.29, 0.717) is 76.4 Å². The van der Waals surface area contributed by atoms with Crippen molar-refractivity contribution in [2.45, 2.75) is 162 Å². The topological polar surface area (TPSA) is 331 Å². The lowest BCUT2D eigenvalue weighted by Gasteiger charge is -2.22. The van der Waals surface area contributed by atoms with Crippen LogP contribution in [0.1, 0.15) is 240 Å². The third-order valence-corrected chi connectivity index (χ3v) is 22.8. The Morgan fingerprint density at radius 1 is 0.333 bits per heavy atom. The number of benzene rings is 11. The fourth-order valence-corrected chi connectivity index (χ4v) is 15.6. The van der Waals surface area contributed by atoms with Crippen molar-refractivity contribution < 1.29 is 84.5 Å². The second kappa shape index (κ2) is 45.4. The minimum Gasteiger partial charge on any atom is -0.472 e. The molecule has 0 aliphatic carbocycles. The zero-order valence-electron chi connectivity index (χ0n) is 79.2. The van der Waals surface area contributed by atoms with Crippen LogP contribution in [0, 0.1) is 0 Å². The predicted molar refractivity (Wildman–Crippen MR) is 540 cm³/mol. The summed E-state index contributed by atoms with van der Waals surface area (Å²) >= 11 is 6.81. The molecule has 12 aromatic rings. The van der Waals surface area contributed by atoms with Crippen molar-refractivity contribution in [3.63, 3.8) is 0 Å². The second-order valence-corrected chi connectivity index (χ2v) is 38.1. The summed E-state index contributed by atoms with van der Waals surface area (Å²) in [5.41, 5.74) is 12.3. The molecule has 5 heterocycles. The van der Waals surface area contributed by atoms with Crippen molar-refractivity contribution in [1.82, 2.24) is 20.0 Å². The number of anilines is 4. The number of nitrogens with one attached hydrogen (secondary N) is 4. The lowest BCUT2D eigenvalue weighted by molar-refractivity contribution is -0.0885. The number of amides is 8. The van der Waals surface area contributed by atoms with Gasteiger partial charge in [0.05, 0.1) is 65.6 Å². The van der Waals surface area contributed by atoms with Crippen LogP contribution in [0.15, 0.2) is 337 Å². The number of alkyl halides is 3. The van der Waals surface area contributed by atoms with Gasteiger partial charge in [0.25, 0.3) is 29.4 Å². The summed E-state index contributed by atoms with van der Waals surface area (Å²) in [6, 6.07) is 83.9. The molecule has 0 saturated heterocycles. The molecular formula is C109H103Br2F3N12O15. The Balaban J connectivity index is 0.000000158. The van der Waals surface area contributed by atoms with Gasteiger partial charge in [0.1, 0.15) is 16.8 Å². The average molecular weight is 2040 g/mol. The first-order valence-electron chi connectivity index (χ1n) is 45.1.